The average Bonchev–Trinajstić information content (AvgIpc) is 2.23. The number of rotatable bonds is 3. The Morgan fingerprint density at radius 3 is 2.73 bits per heavy atom. The lowest BCUT2D eigenvalue weighted by atomic mass is 10.1. The van der Waals surface area contributed by atoms with Crippen molar-refractivity contribution in [1.82, 2.24) is 4.90 Å². The van der Waals surface area contributed by atoms with Crippen LogP contribution in [0.1, 0.15) is 33.6 Å². The Bertz CT molecular complexity index is 287. The van der Waals surface area contributed by atoms with Crippen molar-refractivity contribution < 1.29 is 8.42 Å². The van der Waals surface area contributed by atoms with Gasteiger partial charge in [0.15, 0.2) is 9.84 Å². The molecular weight excluding hydrogens is 210 g/mol. The van der Waals surface area contributed by atoms with E-state index in [1.165, 1.54) is 6.42 Å². The van der Waals surface area contributed by atoms with Crippen molar-refractivity contribution in [2.75, 3.05) is 24.6 Å². The molecule has 1 saturated heterocycles. The van der Waals surface area contributed by atoms with Gasteiger partial charge in [0, 0.05) is 19.1 Å². The highest BCUT2D eigenvalue weighted by Gasteiger charge is 2.26. The van der Waals surface area contributed by atoms with Crippen LogP contribution >= 0.6 is 0 Å². The molecule has 0 aromatic carbocycles. The Morgan fingerprint density at radius 1 is 1.47 bits per heavy atom. The molecule has 1 fully saturated rings. The molecule has 3 nitrogen and oxygen atoms in total. The molecule has 1 rings (SSSR count). The molecule has 4 heteroatoms. The van der Waals surface area contributed by atoms with Gasteiger partial charge in [-0.1, -0.05) is 20.3 Å². The van der Waals surface area contributed by atoms with Gasteiger partial charge in [-0.2, -0.15) is 0 Å². The first-order valence-corrected chi connectivity index (χ1v) is 7.71. The number of hydrogen-bond donors (Lipinski definition) is 0. The fraction of sp³-hybridized carbons (Fsp3) is 1.00. The van der Waals surface area contributed by atoms with E-state index in [1.807, 2.05) is 6.92 Å². The van der Waals surface area contributed by atoms with Crippen LogP contribution in [0.2, 0.25) is 0 Å². The lowest BCUT2D eigenvalue weighted by Gasteiger charge is -2.28. The first kappa shape index (κ1) is 13.0. The van der Waals surface area contributed by atoms with E-state index in [4.69, 9.17) is 0 Å². The van der Waals surface area contributed by atoms with Gasteiger partial charge in [-0.3, -0.25) is 4.90 Å². The van der Waals surface area contributed by atoms with Gasteiger partial charge in [0.2, 0.25) is 0 Å². The second-order valence-corrected chi connectivity index (χ2v) is 7.08. The first-order chi connectivity index (χ1) is 6.94. The van der Waals surface area contributed by atoms with Crippen LogP contribution in [0.4, 0.5) is 0 Å². The highest BCUT2D eigenvalue weighted by Crippen LogP contribution is 2.15. The second-order valence-electron chi connectivity index (χ2n) is 4.85. The minimum absolute atomic E-state index is 0.275. The fourth-order valence-corrected chi connectivity index (χ4v) is 3.97. The zero-order valence-electron chi connectivity index (χ0n) is 10.1. The maximum Gasteiger partial charge on any atom is 0.151 e. The van der Waals surface area contributed by atoms with Gasteiger partial charge in [0.05, 0.1) is 11.5 Å². The number of nitrogens with zero attached hydrogens (tertiary/aromatic N) is 1. The summed E-state index contributed by atoms with van der Waals surface area (Å²) < 4.78 is 23.2. The summed E-state index contributed by atoms with van der Waals surface area (Å²) in [4.78, 5) is 2.33. The zero-order valence-corrected chi connectivity index (χ0v) is 10.9. The Morgan fingerprint density at radius 2 is 2.13 bits per heavy atom. The van der Waals surface area contributed by atoms with E-state index in [0.717, 1.165) is 13.0 Å². The Hall–Kier alpha value is -0.0900. The van der Waals surface area contributed by atoms with Crippen molar-refractivity contribution in [2.24, 2.45) is 5.92 Å². The largest absolute Gasteiger partial charge is 0.299 e. The molecule has 90 valence electrons. The summed E-state index contributed by atoms with van der Waals surface area (Å²) in [6.45, 7) is 8.06. The van der Waals surface area contributed by atoms with Crippen LogP contribution in [-0.2, 0) is 9.84 Å². The van der Waals surface area contributed by atoms with Crippen LogP contribution < -0.4 is 0 Å². The van der Waals surface area contributed by atoms with Crippen LogP contribution in [0.15, 0.2) is 0 Å². The summed E-state index contributed by atoms with van der Waals surface area (Å²) in [6, 6.07) is 0.519. The standard InChI is InChI=1S/C11H23NO2S/c1-4-5-11(3)12-6-7-15(13,14)9-10(2)8-12/h10-11H,4-9H2,1-3H3/t10-,11-/m0/s1. The molecule has 0 spiro atoms. The van der Waals surface area contributed by atoms with Crippen molar-refractivity contribution in [1.29, 1.82) is 0 Å². The summed E-state index contributed by atoms with van der Waals surface area (Å²) in [5.41, 5.74) is 0. The van der Waals surface area contributed by atoms with Gasteiger partial charge < -0.3 is 0 Å². The van der Waals surface area contributed by atoms with E-state index in [2.05, 4.69) is 18.7 Å². The van der Waals surface area contributed by atoms with Crippen molar-refractivity contribution in [3.8, 4) is 0 Å². The monoisotopic (exact) mass is 233 g/mol. The predicted molar refractivity (Wildman–Crippen MR) is 63.8 cm³/mol. The highest BCUT2D eigenvalue weighted by atomic mass is 32.2. The quantitative estimate of drug-likeness (QED) is 0.742. The molecule has 0 amide bonds. The average molecular weight is 233 g/mol. The summed E-state index contributed by atoms with van der Waals surface area (Å²) in [5, 5.41) is 0. The molecule has 0 N–H and O–H groups in total. The Balaban J connectivity index is 2.62. The van der Waals surface area contributed by atoms with Gasteiger partial charge in [0.25, 0.3) is 0 Å². The number of hydrogen-bond acceptors (Lipinski definition) is 3. The molecule has 0 aliphatic carbocycles. The third kappa shape index (κ3) is 4.11. The Labute approximate surface area is 93.8 Å². The summed E-state index contributed by atoms with van der Waals surface area (Å²) in [5.74, 6) is 0.977. The van der Waals surface area contributed by atoms with Crippen LogP contribution in [-0.4, -0.2) is 44.0 Å². The summed E-state index contributed by atoms with van der Waals surface area (Å²) >= 11 is 0. The van der Waals surface area contributed by atoms with Crippen LogP contribution in [0, 0.1) is 5.92 Å². The van der Waals surface area contributed by atoms with Gasteiger partial charge in [0.1, 0.15) is 0 Å². The molecule has 15 heavy (non-hydrogen) atoms. The molecule has 1 aliphatic heterocycles. The SMILES string of the molecule is CCC[C@H](C)N1CCS(=O)(=O)C[C@@H](C)C1. The molecule has 0 saturated carbocycles. The molecule has 0 aromatic heterocycles. The van der Waals surface area contributed by atoms with E-state index >= 15 is 0 Å². The minimum Gasteiger partial charge on any atom is -0.299 e. The van der Waals surface area contributed by atoms with E-state index in [-0.39, 0.29) is 5.92 Å². The van der Waals surface area contributed by atoms with Crippen molar-refractivity contribution in [3.05, 3.63) is 0 Å². The second kappa shape index (κ2) is 5.30. The van der Waals surface area contributed by atoms with Crippen LogP contribution in [0.5, 0.6) is 0 Å². The predicted octanol–water partition coefficient (Wildman–Crippen LogP) is 1.54. The minimum atomic E-state index is -2.79. The van der Waals surface area contributed by atoms with Gasteiger partial charge in [-0.05, 0) is 19.3 Å². The zero-order chi connectivity index (χ0) is 11.5. The lowest BCUT2D eigenvalue weighted by Crippen LogP contribution is -2.37. The lowest BCUT2D eigenvalue weighted by molar-refractivity contribution is 0.193. The summed E-state index contributed by atoms with van der Waals surface area (Å²) in [6.07, 6.45) is 2.32. The van der Waals surface area contributed by atoms with Crippen molar-refractivity contribution in [2.45, 2.75) is 39.7 Å². The molecule has 0 radical (unpaired) electrons. The summed E-state index contributed by atoms with van der Waals surface area (Å²) in [7, 11) is -2.79. The Kier molecular flexibility index (Phi) is 4.59. The van der Waals surface area contributed by atoms with E-state index in [0.29, 0.717) is 24.1 Å². The van der Waals surface area contributed by atoms with Gasteiger partial charge >= 0.3 is 0 Å². The molecule has 0 aromatic rings. The van der Waals surface area contributed by atoms with Gasteiger partial charge in [-0.25, -0.2) is 8.42 Å². The van der Waals surface area contributed by atoms with Gasteiger partial charge in [-0.15, -0.1) is 0 Å². The normalized spacial score (nSPS) is 29.7. The third-order valence-electron chi connectivity index (χ3n) is 3.10. The molecule has 0 unspecified atom stereocenters. The van der Waals surface area contributed by atoms with Crippen molar-refractivity contribution >= 4 is 9.84 Å². The van der Waals surface area contributed by atoms with E-state index in [1.54, 1.807) is 0 Å². The number of sulfone groups is 1. The van der Waals surface area contributed by atoms with Crippen LogP contribution in [0.3, 0.4) is 0 Å². The third-order valence-corrected chi connectivity index (χ3v) is 4.99. The van der Waals surface area contributed by atoms with Crippen LogP contribution in [0.25, 0.3) is 0 Å². The topological polar surface area (TPSA) is 37.4 Å². The van der Waals surface area contributed by atoms with Crippen molar-refractivity contribution in [3.63, 3.8) is 0 Å². The molecule has 1 aliphatic rings. The molecule has 1 heterocycles. The maximum absolute atomic E-state index is 11.6. The van der Waals surface area contributed by atoms with E-state index < -0.39 is 9.84 Å². The smallest absolute Gasteiger partial charge is 0.151 e. The highest BCUT2D eigenvalue weighted by molar-refractivity contribution is 7.91. The fourth-order valence-electron chi connectivity index (χ4n) is 2.32. The maximum atomic E-state index is 11.6. The molecular formula is C11H23NO2S. The van der Waals surface area contributed by atoms with E-state index in [9.17, 15) is 8.42 Å². The molecule has 2 atom stereocenters. The molecule has 0 bridgehead atoms. The first-order valence-electron chi connectivity index (χ1n) is 5.89.